The molecular formula is C91H144O17P2. The second-order valence-corrected chi connectivity index (χ2v) is 29.5. The molecule has 17 nitrogen and oxygen atoms in total. The third-order valence-electron chi connectivity index (χ3n) is 16.2. The van der Waals surface area contributed by atoms with Crippen molar-refractivity contribution < 1.29 is 80.2 Å². The molecule has 19 heteroatoms. The van der Waals surface area contributed by atoms with Gasteiger partial charge in [0.15, 0.2) is 12.2 Å². The number of carbonyl (C=O) groups is 4. The predicted molar refractivity (Wildman–Crippen MR) is 454 cm³/mol. The van der Waals surface area contributed by atoms with Crippen LogP contribution in [0.1, 0.15) is 285 Å². The molecule has 110 heavy (non-hydrogen) atoms. The minimum atomic E-state index is -5.03. The van der Waals surface area contributed by atoms with E-state index in [1.807, 2.05) is 36.5 Å². The average Bonchev–Trinajstić information content (AvgIpc) is 0.910. The van der Waals surface area contributed by atoms with Crippen molar-refractivity contribution in [1.29, 1.82) is 0 Å². The van der Waals surface area contributed by atoms with Crippen molar-refractivity contribution in [2.75, 3.05) is 39.6 Å². The first-order chi connectivity index (χ1) is 53.7. The van der Waals surface area contributed by atoms with E-state index in [2.05, 4.69) is 198 Å². The average molecular weight is 1570 g/mol. The van der Waals surface area contributed by atoms with Gasteiger partial charge in [-0.3, -0.25) is 37.3 Å². The Morgan fingerprint density at radius 2 is 0.491 bits per heavy atom. The summed E-state index contributed by atoms with van der Waals surface area (Å²) >= 11 is 0. The van der Waals surface area contributed by atoms with Gasteiger partial charge in [-0.25, -0.2) is 9.13 Å². The van der Waals surface area contributed by atoms with Crippen molar-refractivity contribution in [3.8, 4) is 0 Å². The monoisotopic (exact) mass is 1570 g/mol. The molecule has 0 amide bonds. The number of ether oxygens (including phenoxy) is 4. The Kier molecular flexibility index (Phi) is 76.0. The van der Waals surface area contributed by atoms with Gasteiger partial charge >= 0.3 is 39.5 Å². The van der Waals surface area contributed by atoms with Crippen molar-refractivity contribution >= 4 is 39.5 Å². The SMILES string of the molecule is CC/C=C\C/C=C\C/C=C\C/C=C\C/C=C\C/C=C\CCC(=O)O[C@H](COC(=O)CC/C=C\C/C=C\C/C=C\C/C=C\C/C=C\CCCCC)COP(=O)(O)OC[C@H](O)COP(=O)(O)OC[C@@H](COC(=O)CCCCC/C=C\C/C=C\C/C=C\C/C=C\C/C=C\CC)OC(=O)CCCCCCC/C=C\CCCCCC. The second-order valence-electron chi connectivity index (χ2n) is 26.6. The summed E-state index contributed by atoms with van der Waals surface area (Å²) in [6.45, 7) is 4.36. The summed E-state index contributed by atoms with van der Waals surface area (Å²) in [5, 5.41) is 10.7. The van der Waals surface area contributed by atoms with Crippen LogP contribution in [0.25, 0.3) is 0 Å². The lowest BCUT2D eigenvalue weighted by Crippen LogP contribution is -2.30. The van der Waals surface area contributed by atoms with E-state index in [1.54, 1.807) is 0 Å². The zero-order chi connectivity index (χ0) is 80.3. The number of aliphatic hydroxyl groups is 1. The van der Waals surface area contributed by atoms with Crippen molar-refractivity contribution in [1.82, 2.24) is 0 Å². The van der Waals surface area contributed by atoms with Gasteiger partial charge in [0.1, 0.15) is 19.3 Å². The minimum absolute atomic E-state index is 0.0130. The maximum atomic E-state index is 13.1. The fraction of sp³-hybridized carbons (Fsp3) is 0.582. The van der Waals surface area contributed by atoms with Crippen LogP contribution < -0.4 is 0 Å². The Balaban J connectivity index is 5.56. The largest absolute Gasteiger partial charge is 0.472 e. The first kappa shape index (κ1) is 104. The number of phosphoric acid groups is 2. The van der Waals surface area contributed by atoms with Gasteiger partial charge in [-0.2, -0.15) is 0 Å². The summed E-state index contributed by atoms with van der Waals surface area (Å²) in [5.41, 5.74) is 0. The molecular weight excluding hydrogens is 1430 g/mol. The molecule has 0 radical (unpaired) electrons. The van der Waals surface area contributed by atoms with Gasteiger partial charge in [0.05, 0.1) is 26.4 Å². The normalized spacial score (nSPS) is 14.9. The van der Waals surface area contributed by atoms with Crippen LogP contribution in [0.2, 0.25) is 0 Å². The van der Waals surface area contributed by atoms with E-state index in [1.165, 1.54) is 44.9 Å². The van der Waals surface area contributed by atoms with Crippen molar-refractivity contribution in [2.24, 2.45) is 0 Å². The maximum Gasteiger partial charge on any atom is 0.472 e. The minimum Gasteiger partial charge on any atom is -0.462 e. The molecule has 0 bridgehead atoms. The molecule has 0 spiro atoms. The number of allylic oxidation sites excluding steroid dienone is 34. The summed E-state index contributed by atoms with van der Waals surface area (Å²) < 4.78 is 68.5. The summed E-state index contributed by atoms with van der Waals surface area (Å²) in [7, 11) is -10.0. The number of esters is 4. The molecule has 0 aromatic carbocycles. The zero-order valence-corrected chi connectivity index (χ0v) is 69.6. The Hall–Kier alpha value is -6.36. The highest BCUT2D eigenvalue weighted by atomic mass is 31.2. The lowest BCUT2D eigenvalue weighted by Gasteiger charge is -2.21. The van der Waals surface area contributed by atoms with E-state index in [9.17, 15) is 43.2 Å². The Morgan fingerprint density at radius 3 is 0.836 bits per heavy atom. The molecule has 0 aromatic heterocycles. The van der Waals surface area contributed by atoms with Crippen molar-refractivity contribution in [3.63, 3.8) is 0 Å². The maximum absolute atomic E-state index is 13.1. The first-order valence-electron chi connectivity index (χ1n) is 41.3. The molecule has 0 aliphatic carbocycles. The second kappa shape index (κ2) is 80.7. The number of aliphatic hydroxyl groups excluding tert-OH is 1. The molecule has 0 rings (SSSR count). The molecule has 0 fully saturated rings. The van der Waals surface area contributed by atoms with E-state index < -0.39 is 97.5 Å². The number of unbranched alkanes of at least 4 members (excludes halogenated alkanes) is 15. The molecule has 0 aliphatic heterocycles. The van der Waals surface area contributed by atoms with Crippen LogP contribution in [0.4, 0.5) is 0 Å². The number of phosphoric ester groups is 2. The third-order valence-corrected chi connectivity index (χ3v) is 18.1. The highest BCUT2D eigenvalue weighted by Crippen LogP contribution is 2.45. The molecule has 3 N–H and O–H groups in total. The van der Waals surface area contributed by atoms with Crippen LogP contribution in [0.15, 0.2) is 207 Å². The third kappa shape index (κ3) is 79.7. The molecule has 0 heterocycles. The van der Waals surface area contributed by atoms with E-state index >= 15 is 0 Å². The fourth-order valence-corrected chi connectivity index (χ4v) is 11.6. The van der Waals surface area contributed by atoms with Crippen molar-refractivity contribution in [3.05, 3.63) is 207 Å². The fourth-order valence-electron chi connectivity index (χ4n) is 10.0. The van der Waals surface area contributed by atoms with Crippen LogP contribution >= 0.6 is 15.6 Å². The highest BCUT2D eigenvalue weighted by molar-refractivity contribution is 7.47. The molecule has 2 unspecified atom stereocenters. The van der Waals surface area contributed by atoms with E-state index in [0.717, 1.165) is 148 Å². The number of rotatable bonds is 75. The zero-order valence-electron chi connectivity index (χ0n) is 67.8. The Bertz CT molecular complexity index is 2900. The van der Waals surface area contributed by atoms with Crippen LogP contribution in [-0.4, -0.2) is 96.7 Å². The van der Waals surface area contributed by atoms with Gasteiger partial charge in [-0.05, 0) is 173 Å². The molecule has 0 aliphatic rings. The first-order valence-corrected chi connectivity index (χ1v) is 44.3. The van der Waals surface area contributed by atoms with E-state index in [0.29, 0.717) is 38.5 Å². The van der Waals surface area contributed by atoms with Crippen LogP contribution in [0.3, 0.4) is 0 Å². The smallest absolute Gasteiger partial charge is 0.462 e. The standard InChI is InChI=1S/C91H144O17P2/c1-5-9-13-17-21-25-29-33-36-39-42-45-48-52-55-59-63-67-71-75-88(93)101-81-86(107-90(95)77-73-69-65-61-57-51-32-28-24-20-16-12-8-4)83-105-109(97,98)103-79-85(92)80-104-110(99,100)106-84-87(108-91(96)78-74-70-66-62-58-54-50-47-44-41-38-35-31-27-23-19-15-11-7-3)82-102-89(94)76-72-68-64-60-56-53-49-46-43-40-37-34-30-26-22-18-14-10-6-2/h9,11,13,15,21-23,25-28,32-38,42-47,52-56,58,64,66,68,70,85-87,92H,5-8,10,12,14,16-20,24,29-31,39-41,48-51,57,59-63,65,67,69,71-84H2,1-4H3,(H,97,98)(H,99,100)/b13-9-,15-11-,25-21-,26-22-,27-23-,32-28-,36-33-,37-34-,38-35-,45-42-,46-43-,47-44-,55-52-,56-53-,58-54-,68-64-,70-66-/t85-,86-,87-/m1/s1. The van der Waals surface area contributed by atoms with Gasteiger partial charge in [0.25, 0.3) is 0 Å². The van der Waals surface area contributed by atoms with Gasteiger partial charge in [-0.15, -0.1) is 0 Å². The van der Waals surface area contributed by atoms with Gasteiger partial charge in [-0.1, -0.05) is 292 Å². The van der Waals surface area contributed by atoms with Crippen LogP contribution in [-0.2, 0) is 65.4 Å². The molecule has 5 atom stereocenters. The van der Waals surface area contributed by atoms with Crippen LogP contribution in [0, 0.1) is 0 Å². The predicted octanol–water partition coefficient (Wildman–Crippen LogP) is 24.7. The molecule has 0 aromatic rings. The van der Waals surface area contributed by atoms with Crippen molar-refractivity contribution in [2.45, 2.75) is 303 Å². The lowest BCUT2D eigenvalue weighted by atomic mass is 10.1. The highest BCUT2D eigenvalue weighted by Gasteiger charge is 2.30. The number of carbonyl (C=O) groups excluding carboxylic acids is 4. The summed E-state index contributed by atoms with van der Waals surface area (Å²) in [6.07, 6.45) is 101. The Morgan fingerprint density at radius 1 is 0.264 bits per heavy atom. The summed E-state index contributed by atoms with van der Waals surface area (Å²) in [6, 6.07) is 0. The molecule has 0 saturated heterocycles. The summed E-state index contributed by atoms with van der Waals surface area (Å²) in [5.74, 6) is -2.44. The van der Waals surface area contributed by atoms with Gasteiger partial charge in [0, 0.05) is 25.7 Å². The van der Waals surface area contributed by atoms with Gasteiger partial charge in [0.2, 0.25) is 0 Å². The summed E-state index contributed by atoms with van der Waals surface area (Å²) in [4.78, 5) is 73.1. The number of hydrogen-bond donors (Lipinski definition) is 3. The topological polar surface area (TPSA) is 237 Å². The molecule has 620 valence electrons. The van der Waals surface area contributed by atoms with Gasteiger partial charge < -0.3 is 33.8 Å². The van der Waals surface area contributed by atoms with E-state index in [4.69, 9.17) is 37.0 Å². The lowest BCUT2D eigenvalue weighted by molar-refractivity contribution is -0.161. The molecule has 0 saturated carbocycles. The van der Waals surface area contributed by atoms with E-state index in [-0.39, 0.29) is 25.7 Å². The quantitative estimate of drug-likeness (QED) is 0.0169. The van der Waals surface area contributed by atoms with Crippen LogP contribution in [0.5, 0.6) is 0 Å². The number of hydrogen-bond acceptors (Lipinski definition) is 15. The Labute approximate surface area is 665 Å².